The molecule has 1 N–H and O–H groups in total. The van der Waals surface area contributed by atoms with Crippen LogP contribution in [-0.4, -0.2) is 11.1 Å². The van der Waals surface area contributed by atoms with Gasteiger partial charge in [-0.05, 0) is 41.3 Å². The molecule has 0 aliphatic carbocycles. The Kier molecular flexibility index (Phi) is 6.22. The van der Waals surface area contributed by atoms with Crippen molar-refractivity contribution in [2.75, 3.05) is 0 Å². The second-order valence-electron chi connectivity index (χ2n) is 6.21. The van der Waals surface area contributed by atoms with Crippen LogP contribution in [0.5, 0.6) is 5.75 Å². The van der Waals surface area contributed by atoms with Crippen LogP contribution < -0.4 is 4.74 Å². The van der Waals surface area contributed by atoms with Crippen LogP contribution >= 0.6 is 0 Å². The molecule has 3 aromatic carbocycles. The number of hydrogen-bond donors (Lipinski definition) is 1. The van der Waals surface area contributed by atoms with Crippen LogP contribution in [0.15, 0.2) is 78.9 Å². The summed E-state index contributed by atoms with van der Waals surface area (Å²) >= 11 is 0. The minimum atomic E-state index is -0.953. The fourth-order valence-electron chi connectivity index (χ4n) is 2.81. The Bertz CT molecular complexity index is 1030. The van der Waals surface area contributed by atoms with Crippen LogP contribution in [-0.2, 0) is 13.0 Å². The predicted octanol–water partition coefficient (Wildman–Crippen LogP) is 5.09. The lowest BCUT2D eigenvalue weighted by molar-refractivity contribution is 0.0696. The number of benzene rings is 3. The number of nitrogens with zero attached hydrogens (tertiary/aromatic N) is 1. The van der Waals surface area contributed by atoms with Crippen LogP contribution in [0.3, 0.4) is 0 Å². The van der Waals surface area contributed by atoms with Gasteiger partial charge in [-0.2, -0.15) is 5.26 Å². The fraction of sp³-hybridized carbons (Fsp3) is 0.0833. The molecule has 0 saturated carbocycles. The van der Waals surface area contributed by atoms with E-state index in [9.17, 15) is 15.2 Å². The maximum Gasteiger partial charge on any atom is 0.336 e. The molecule has 0 bridgehead atoms. The standard InChI is InChI=1S/C24H19NO3/c25-16-19-13-14-21(23(15-19)28-17-18-7-2-1-3-8-18)11-6-10-20-9-4-5-12-22(20)24(26)27/h1-10,12-15H,11,17H2,(H,26,27). The van der Waals surface area contributed by atoms with Gasteiger partial charge in [0.1, 0.15) is 12.4 Å². The third-order valence-electron chi connectivity index (χ3n) is 4.26. The number of carboxylic acid groups (broad SMARTS) is 1. The van der Waals surface area contributed by atoms with Gasteiger partial charge in [0.05, 0.1) is 17.2 Å². The molecule has 4 nitrogen and oxygen atoms in total. The SMILES string of the molecule is N#Cc1ccc(CC=Cc2ccccc2C(=O)O)c(OCc2ccccc2)c1. The second-order valence-corrected chi connectivity index (χ2v) is 6.21. The Morgan fingerprint density at radius 3 is 2.54 bits per heavy atom. The van der Waals surface area contributed by atoms with Crippen molar-refractivity contribution >= 4 is 12.0 Å². The van der Waals surface area contributed by atoms with Crippen molar-refractivity contribution in [3.05, 3.63) is 107 Å². The van der Waals surface area contributed by atoms with Crippen molar-refractivity contribution in [3.63, 3.8) is 0 Å². The fourth-order valence-corrected chi connectivity index (χ4v) is 2.81. The first kappa shape index (κ1) is 18.9. The first-order valence-electron chi connectivity index (χ1n) is 8.86. The molecule has 0 aliphatic heterocycles. The summed E-state index contributed by atoms with van der Waals surface area (Å²) in [6.45, 7) is 0.411. The molecule has 0 unspecified atom stereocenters. The van der Waals surface area contributed by atoms with E-state index in [1.54, 1.807) is 36.4 Å². The summed E-state index contributed by atoms with van der Waals surface area (Å²) in [6, 6.07) is 24.2. The summed E-state index contributed by atoms with van der Waals surface area (Å²) in [5, 5.41) is 18.4. The molecule has 3 rings (SSSR count). The molecule has 0 amide bonds. The monoisotopic (exact) mass is 369 g/mol. The Balaban J connectivity index is 1.78. The van der Waals surface area contributed by atoms with Crippen LogP contribution in [0.1, 0.15) is 32.6 Å². The first-order chi connectivity index (χ1) is 13.7. The van der Waals surface area contributed by atoms with Crippen LogP contribution in [0.4, 0.5) is 0 Å². The van der Waals surface area contributed by atoms with Crippen LogP contribution in [0, 0.1) is 11.3 Å². The Labute approximate surface area is 164 Å². The molecule has 138 valence electrons. The second kappa shape index (κ2) is 9.20. The lowest BCUT2D eigenvalue weighted by Gasteiger charge is -2.11. The van der Waals surface area contributed by atoms with Crippen molar-refractivity contribution in [2.24, 2.45) is 0 Å². The molecule has 4 heteroatoms. The molecule has 0 aliphatic rings. The topological polar surface area (TPSA) is 70.3 Å². The molecule has 0 spiro atoms. The van der Waals surface area contributed by atoms with Gasteiger partial charge in [0.25, 0.3) is 0 Å². The van der Waals surface area contributed by atoms with Gasteiger partial charge in [-0.3, -0.25) is 0 Å². The molecule has 0 heterocycles. The van der Waals surface area contributed by atoms with Gasteiger partial charge in [-0.25, -0.2) is 4.79 Å². The average molecular weight is 369 g/mol. The third-order valence-corrected chi connectivity index (χ3v) is 4.26. The summed E-state index contributed by atoms with van der Waals surface area (Å²) in [5.74, 6) is -0.301. The molecular weight excluding hydrogens is 350 g/mol. The summed E-state index contributed by atoms with van der Waals surface area (Å²) in [6.07, 6.45) is 4.25. The van der Waals surface area contributed by atoms with E-state index >= 15 is 0 Å². The van der Waals surface area contributed by atoms with Gasteiger partial charge < -0.3 is 9.84 Å². The van der Waals surface area contributed by atoms with Gasteiger partial charge in [0.2, 0.25) is 0 Å². The van der Waals surface area contributed by atoms with Gasteiger partial charge in [-0.15, -0.1) is 0 Å². The Hall–Kier alpha value is -3.84. The highest BCUT2D eigenvalue weighted by Gasteiger charge is 2.07. The summed E-state index contributed by atoms with van der Waals surface area (Å²) in [5.41, 5.74) is 3.42. The van der Waals surface area contributed by atoms with Gasteiger partial charge in [-0.1, -0.05) is 66.7 Å². The molecule has 0 saturated heterocycles. The summed E-state index contributed by atoms with van der Waals surface area (Å²) < 4.78 is 5.95. The number of ether oxygens (including phenoxy) is 1. The molecule has 3 aromatic rings. The van der Waals surface area contributed by atoms with E-state index in [2.05, 4.69) is 6.07 Å². The predicted molar refractivity (Wildman–Crippen MR) is 108 cm³/mol. The number of aromatic carboxylic acids is 1. The average Bonchev–Trinajstić information content (AvgIpc) is 2.73. The highest BCUT2D eigenvalue weighted by Crippen LogP contribution is 2.23. The Morgan fingerprint density at radius 1 is 1.04 bits per heavy atom. The highest BCUT2D eigenvalue weighted by molar-refractivity contribution is 5.92. The van der Waals surface area contributed by atoms with Crippen LogP contribution in [0.25, 0.3) is 6.08 Å². The molecule has 0 fully saturated rings. The minimum Gasteiger partial charge on any atom is -0.489 e. The smallest absolute Gasteiger partial charge is 0.336 e. The summed E-state index contributed by atoms with van der Waals surface area (Å²) in [4.78, 5) is 11.3. The third kappa shape index (κ3) is 4.87. The number of nitriles is 1. The van der Waals surface area contributed by atoms with E-state index in [0.717, 1.165) is 11.1 Å². The van der Waals surface area contributed by atoms with Crippen molar-refractivity contribution in [1.29, 1.82) is 5.26 Å². The maximum absolute atomic E-state index is 11.3. The van der Waals surface area contributed by atoms with Gasteiger partial charge in [0, 0.05) is 0 Å². The van der Waals surface area contributed by atoms with Crippen molar-refractivity contribution in [2.45, 2.75) is 13.0 Å². The number of rotatable bonds is 7. The number of allylic oxidation sites excluding steroid dienone is 1. The van der Waals surface area contributed by atoms with Crippen molar-refractivity contribution in [3.8, 4) is 11.8 Å². The number of carboxylic acids is 1. The first-order valence-corrected chi connectivity index (χ1v) is 8.86. The molecule has 28 heavy (non-hydrogen) atoms. The normalized spacial score (nSPS) is 10.5. The van der Waals surface area contributed by atoms with Crippen molar-refractivity contribution in [1.82, 2.24) is 0 Å². The van der Waals surface area contributed by atoms with Gasteiger partial charge >= 0.3 is 5.97 Å². The van der Waals surface area contributed by atoms with Crippen molar-refractivity contribution < 1.29 is 14.6 Å². The number of carbonyl (C=O) groups is 1. The zero-order chi connectivity index (χ0) is 19.8. The lowest BCUT2D eigenvalue weighted by atomic mass is 10.0. The number of hydrogen-bond acceptors (Lipinski definition) is 3. The molecule has 0 atom stereocenters. The highest BCUT2D eigenvalue weighted by atomic mass is 16.5. The van der Waals surface area contributed by atoms with Gasteiger partial charge in [0.15, 0.2) is 0 Å². The van der Waals surface area contributed by atoms with E-state index in [4.69, 9.17) is 4.74 Å². The summed E-state index contributed by atoms with van der Waals surface area (Å²) in [7, 11) is 0. The maximum atomic E-state index is 11.3. The molecule has 0 radical (unpaired) electrons. The quantitative estimate of drug-likeness (QED) is 0.630. The van der Waals surface area contributed by atoms with E-state index in [-0.39, 0.29) is 5.56 Å². The van der Waals surface area contributed by atoms with E-state index in [0.29, 0.717) is 29.9 Å². The molecular formula is C24H19NO3. The van der Waals surface area contributed by atoms with Crippen LogP contribution in [0.2, 0.25) is 0 Å². The zero-order valence-corrected chi connectivity index (χ0v) is 15.2. The van der Waals surface area contributed by atoms with E-state index in [1.165, 1.54) is 0 Å². The van der Waals surface area contributed by atoms with E-state index in [1.807, 2.05) is 48.5 Å². The van der Waals surface area contributed by atoms with E-state index < -0.39 is 5.97 Å². The largest absolute Gasteiger partial charge is 0.489 e. The molecule has 0 aromatic heterocycles. The minimum absolute atomic E-state index is 0.263. The Morgan fingerprint density at radius 2 is 1.79 bits per heavy atom. The zero-order valence-electron chi connectivity index (χ0n) is 15.2. The lowest BCUT2D eigenvalue weighted by Crippen LogP contribution is -1.99.